The van der Waals surface area contributed by atoms with Crippen LogP contribution in [0.5, 0.6) is 0 Å². The molecule has 0 spiro atoms. The number of carbonyl (C=O) groups excluding carboxylic acids is 1. The molecule has 2 atom stereocenters. The van der Waals surface area contributed by atoms with Crippen LogP contribution in [0, 0.1) is 0 Å². The molecule has 2 heterocycles. The summed E-state index contributed by atoms with van der Waals surface area (Å²) in [6.07, 6.45) is 3.09. The number of amides is 1. The predicted molar refractivity (Wildman–Crippen MR) is 79.1 cm³/mol. The smallest absolute Gasteiger partial charge is 0.250 e. The minimum atomic E-state index is -3.60. The molecule has 1 amide bonds. The zero-order valence-corrected chi connectivity index (χ0v) is 13.3. The molecule has 0 radical (unpaired) electrons. The van der Waals surface area contributed by atoms with E-state index in [-0.39, 0.29) is 16.2 Å². The molecule has 5 nitrogen and oxygen atoms in total. The predicted octanol–water partition coefficient (Wildman–Crippen LogP) is 1.82. The van der Waals surface area contributed by atoms with Crippen molar-refractivity contribution in [2.24, 2.45) is 0 Å². The van der Waals surface area contributed by atoms with E-state index >= 15 is 0 Å². The molecule has 0 aromatic carbocycles. The van der Waals surface area contributed by atoms with Gasteiger partial charge in [0.15, 0.2) is 0 Å². The fraction of sp³-hybridized carbons (Fsp3) is 0.615. The van der Waals surface area contributed by atoms with Gasteiger partial charge in [-0.25, -0.2) is 8.42 Å². The van der Waals surface area contributed by atoms with Crippen molar-refractivity contribution < 1.29 is 13.2 Å². The topological polar surface area (TPSA) is 66.5 Å². The number of rotatable bonds is 4. The van der Waals surface area contributed by atoms with Crippen LogP contribution in [0.15, 0.2) is 21.7 Å². The van der Waals surface area contributed by atoms with E-state index in [1.807, 2.05) is 6.92 Å². The van der Waals surface area contributed by atoms with Gasteiger partial charge in [0.1, 0.15) is 4.21 Å². The summed E-state index contributed by atoms with van der Waals surface area (Å²) in [5, 5.41) is 1.70. The SMILES string of the molecule is CC(NS(=O)(=O)c1cccs1)C(=O)N1CCCCC1C. The molecule has 2 unspecified atom stereocenters. The number of sulfonamides is 1. The van der Waals surface area contributed by atoms with Crippen molar-refractivity contribution >= 4 is 27.3 Å². The zero-order chi connectivity index (χ0) is 14.8. The Kier molecular flexibility index (Phi) is 4.82. The number of nitrogens with zero attached hydrogens (tertiary/aromatic N) is 1. The Morgan fingerprint density at radius 1 is 1.50 bits per heavy atom. The number of nitrogens with one attached hydrogen (secondary N) is 1. The quantitative estimate of drug-likeness (QED) is 0.921. The Morgan fingerprint density at radius 2 is 2.25 bits per heavy atom. The Morgan fingerprint density at radius 3 is 2.85 bits per heavy atom. The largest absolute Gasteiger partial charge is 0.339 e. The van der Waals surface area contributed by atoms with Gasteiger partial charge in [-0.05, 0) is 44.6 Å². The van der Waals surface area contributed by atoms with Crippen LogP contribution in [-0.4, -0.2) is 37.9 Å². The van der Waals surface area contributed by atoms with E-state index in [1.165, 1.54) is 6.07 Å². The summed E-state index contributed by atoms with van der Waals surface area (Å²) in [7, 11) is -3.60. The molecule has 0 saturated carbocycles. The summed E-state index contributed by atoms with van der Waals surface area (Å²) >= 11 is 1.14. The summed E-state index contributed by atoms with van der Waals surface area (Å²) in [5.74, 6) is -0.141. The Labute approximate surface area is 124 Å². The van der Waals surface area contributed by atoms with Gasteiger partial charge in [-0.15, -0.1) is 11.3 Å². The van der Waals surface area contributed by atoms with Crippen molar-refractivity contribution in [3.8, 4) is 0 Å². The molecule has 1 N–H and O–H groups in total. The fourth-order valence-corrected chi connectivity index (χ4v) is 4.64. The first kappa shape index (κ1) is 15.5. The Bertz CT molecular complexity index is 554. The third-order valence-corrected chi connectivity index (χ3v) is 6.49. The summed E-state index contributed by atoms with van der Waals surface area (Å²) in [4.78, 5) is 14.1. The standard InChI is InChI=1S/C13H20N2O3S2/c1-10-6-3-4-8-15(10)13(16)11(2)14-20(17,18)12-7-5-9-19-12/h5,7,9-11,14H,3-4,6,8H2,1-2H3. The lowest BCUT2D eigenvalue weighted by Gasteiger charge is -2.35. The van der Waals surface area contributed by atoms with Gasteiger partial charge in [0.25, 0.3) is 10.0 Å². The summed E-state index contributed by atoms with van der Waals surface area (Å²) in [6.45, 7) is 4.33. The third kappa shape index (κ3) is 3.39. The van der Waals surface area contributed by atoms with Crippen LogP contribution in [0.2, 0.25) is 0 Å². The highest BCUT2D eigenvalue weighted by molar-refractivity contribution is 7.91. The van der Waals surface area contributed by atoms with Crippen molar-refractivity contribution in [1.82, 2.24) is 9.62 Å². The van der Waals surface area contributed by atoms with Gasteiger partial charge in [-0.2, -0.15) is 4.72 Å². The minimum absolute atomic E-state index is 0.141. The molecule has 7 heteroatoms. The summed E-state index contributed by atoms with van der Waals surface area (Å²) in [6, 6.07) is 2.67. The highest BCUT2D eigenvalue weighted by atomic mass is 32.2. The van der Waals surface area contributed by atoms with Crippen LogP contribution in [0.3, 0.4) is 0 Å². The van der Waals surface area contributed by atoms with Crippen LogP contribution in [0.1, 0.15) is 33.1 Å². The van der Waals surface area contributed by atoms with Gasteiger partial charge in [0, 0.05) is 12.6 Å². The highest BCUT2D eigenvalue weighted by Crippen LogP contribution is 2.19. The van der Waals surface area contributed by atoms with E-state index in [4.69, 9.17) is 0 Å². The molecule has 112 valence electrons. The van der Waals surface area contributed by atoms with Crippen LogP contribution in [0.25, 0.3) is 0 Å². The first-order valence-corrected chi connectivity index (χ1v) is 9.14. The third-order valence-electron chi connectivity index (χ3n) is 3.55. The number of hydrogen-bond donors (Lipinski definition) is 1. The first-order chi connectivity index (χ1) is 9.42. The molecular formula is C13H20N2O3S2. The molecule has 1 aliphatic heterocycles. The molecule has 1 aromatic rings. The van der Waals surface area contributed by atoms with Crippen LogP contribution < -0.4 is 4.72 Å². The van der Waals surface area contributed by atoms with E-state index in [9.17, 15) is 13.2 Å². The van der Waals surface area contributed by atoms with Gasteiger partial charge in [-0.3, -0.25) is 4.79 Å². The second kappa shape index (κ2) is 6.24. The lowest BCUT2D eigenvalue weighted by atomic mass is 10.0. The van der Waals surface area contributed by atoms with Crippen molar-refractivity contribution in [1.29, 1.82) is 0 Å². The van der Waals surface area contributed by atoms with E-state index < -0.39 is 16.1 Å². The second-order valence-electron chi connectivity index (χ2n) is 5.15. The molecule has 1 saturated heterocycles. The number of piperidine rings is 1. The van der Waals surface area contributed by atoms with Crippen molar-refractivity contribution in [3.63, 3.8) is 0 Å². The molecule has 0 aliphatic carbocycles. The normalized spacial score (nSPS) is 21.7. The zero-order valence-electron chi connectivity index (χ0n) is 11.7. The lowest BCUT2D eigenvalue weighted by molar-refractivity contribution is -0.135. The van der Waals surface area contributed by atoms with Gasteiger partial charge < -0.3 is 4.90 Å². The average molecular weight is 316 g/mol. The van der Waals surface area contributed by atoms with Crippen molar-refractivity contribution in [2.45, 2.75) is 49.4 Å². The second-order valence-corrected chi connectivity index (χ2v) is 8.04. The average Bonchev–Trinajstić information content (AvgIpc) is 2.92. The maximum absolute atomic E-state index is 12.4. The van der Waals surface area contributed by atoms with Crippen LogP contribution in [0.4, 0.5) is 0 Å². The minimum Gasteiger partial charge on any atom is -0.339 e. The maximum atomic E-state index is 12.4. The molecule has 1 aromatic heterocycles. The van der Waals surface area contributed by atoms with E-state index in [0.29, 0.717) is 6.54 Å². The van der Waals surface area contributed by atoms with Crippen LogP contribution >= 0.6 is 11.3 Å². The van der Waals surface area contributed by atoms with Gasteiger partial charge >= 0.3 is 0 Å². The monoisotopic (exact) mass is 316 g/mol. The first-order valence-electron chi connectivity index (χ1n) is 6.78. The van der Waals surface area contributed by atoms with Gasteiger partial charge in [-0.1, -0.05) is 6.07 Å². The molecule has 2 rings (SSSR count). The summed E-state index contributed by atoms with van der Waals surface area (Å²) in [5.41, 5.74) is 0. The molecule has 0 bridgehead atoms. The highest BCUT2D eigenvalue weighted by Gasteiger charge is 2.29. The molecular weight excluding hydrogens is 296 g/mol. The van der Waals surface area contributed by atoms with E-state index in [2.05, 4.69) is 4.72 Å². The Balaban J connectivity index is 2.04. The lowest BCUT2D eigenvalue weighted by Crippen LogP contribution is -2.51. The molecule has 1 aliphatic rings. The number of likely N-dealkylation sites (tertiary alicyclic amines) is 1. The van der Waals surface area contributed by atoms with E-state index in [1.54, 1.807) is 23.3 Å². The van der Waals surface area contributed by atoms with E-state index in [0.717, 1.165) is 30.6 Å². The number of hydrogen-bond acceptors (Lipinski definition) is 4. The van der Waals surface area contributed by atoms with Gasteiger partial charge in [0.2, 0.25) is 5.91 Å². The Hall–Kier alpha value is -0.920. The maximum Gasteiger partial charge on any atom is 0.250 e. The summed E-state index contributed by atoms with van der Waals surface area (Å²) < 4.78 is 26.9. The van der Waals surface area contributed by atoms with Crippen LogP contribution in [-0.2, 0) is 14.8 Å². The van der Waals surface area contributed by atoms with Crippen molar-refractivity contribution in [3.05, 3.63) is 17.5 Å². The number of carbonyl (C=O) groups is 1. The fourth-order valence-electron chi connectivity index (χ4n) is 2.43. The van der Waals surface area contributed by atoms with Crippen molar-refractivity contribution in [2.75, 3.05) is 6.54 Å². The molecule has 20 heavy (non-hydrogen) atoms. The molecule has 1 fully saturated rings. The van der Waals surface area contributed by atoms with Gasteiger partial charge in [0.05, 0.1) is 6.04 Å². The number of thiophene rings is 1.